The van der Waals surface area contributed by atoms with Crippen LogP contribution < -0.4 is 4.74 Å². The van der Waals surface area contributed by atoms with E-state index in [2.05, 4.69) is 0 Å². The number of carboxylic acids is 1. The first kappa shape index (κ1) is 12.0. The summed E-state index contributed by atoms with van der Waals surface area (Å²) in [4.78, 5) is 25.3. The van der Waals surface area contributed by atoms with E-state index in [0.29, 0.717) is 30.0 Å². The Hall–Kier alpha value is -2.08. The van der Waals surface area contributed by atoms with Crippen molar-refractivity contribution in [2.24, 2.45) is 0 Å². The maximum atomic E-state index is 12.3. The predicted molar refractivity (Wildman–Crippen MR) is 64.1 cm³/mol. The van der Waals surface area contributed by atoms with Gasteiger partial charge in [-0.3, -0.25) is 9.59 Å². The van der Waals surface area contributed by atoms with Crippen LogP contribution in [0.25, 0.3) is 0 Å². The number of rotatable bonds is 2. The molecule has 0 saturated carbocycles. The Morgan fingerprint density at radius 3 is 3.00 bits per heavy atom. The second-order valence-electron chi connectivity index (χ2n) is 4.53. The Morgan fingerprint density at radius 1 is 1.53 bits per heavy atom. The van der Waals surface area contributed by atoms with Gasteiger partial charge in [-0.25, -0.2) is 0 Å². The lowest BCUT2D eigenvalue weighted by molar-refractivity contribution is -0.144. The Morgan fingerprint density at radius 2 is 2.32 bits per heavy atom. The largest absolute Gasteiger partial charge is 0.497 e. The number of fused-ring (bicyclic) bond motifs is 2. The van der Waals surface area contributed by atoms with Crippen molar-refractivity contribution in [3.63, 3.8) is 0 Å². The fourth-order valence-electron chi connectivity index (χ4n) is 2.66. The van der Waals surface area contributed by atoms with Crippen LogP contribution in [0.3, 0.4) is 0 Å². The topological polar surface area (TPSA) is 76.1 Å². The molecule has 1 aromatic carbocycles. The zero-order chi connectivity index (χ0) is 13.6. The molecule has 1 aromatic rings. The number of aliphatic carboxylic acids is 1. The Bertz CT molecular complexity index is 556. The average molecular weight is 263 g/mol. The summed E-state index contributed by atoms with van der Waals surface area (Å²) in [6.07, 6.45) is -0.703. The van der Waals surface area contributed by atoms with Gasteiger partial charge in [0.05, 0.1) is 13.7 Å². The molecule has 19 heavy (non-hydrogen) atoms. The molecule has 0 aromatic heterocycles. The van der Waals surface area contributed by atoms with Crippen molar-refractivity contribution < 1.29 is 24.2 Å². The Balaban J connectivity index is 2.16. The number of carboxylic acid groups (broad SMARTS) is 1. The van der Waals surface area contributed by atoms with Crippen molar-refractivity contribution in [3.05, 3.63) is 29.3 Å². The van der Waals surface area contributed by atoms with Crippen LogP contribution in [-0.4, -0.2) is 48.4 Å². The van der Waals surface area contributed by atoms with E-state index in [9.17, 15) is 14.7 Å². The number of hydrogen-bond donors (Lipinski definition) is 1. The van der Waals surface area contributed by atoms with Crippen LogP contribution in [0.5, 0.6) is 5.75 Å². The molecule has 1 amide bonds. The number of nitrogens with zero attached hydrogens (tertiary/aromatic N) is 1. The Kier molecular flexibility index (Phi) is 2.67. The van der Waals surface area contributed by atoms with Gasteiger partial charge in [0.1, 0.15) is 17.9 Å². The standard InChI is InChI=1S/C13H13NO5/c1-18-7-2-3-8-9(6-7)11(15)14-4-5-19-12(14)10(8)13(16)17/h2-3,6,10,12H,4-5H2,1H3,(H,16,17)/t10-,12-/m1/s1. The lowest BCUT2D eigenvalue weighted by Crippen LogP contribution is -2.47. The average Bonchev–Trinajstić information content (AvgIpc) is 2.87. The van der Waals surface area contributed by atoms with Crippen molar-refractivity contribution >= 4 is 11.9 Å². The van der Waals surface area contributed by atoms with Gasteiger partial charge in [0, 0.05) is 12.1 Å². The van der Waals surface area contributed by atoms with Gasteiger partial charge in [0.25, 0.3) is 5.91 Å². The van der Waals surface area contributed by atoms with Crippen LogP contribution in [0.1, 0.15) is 21.8 Å². The number of amides is 1. The van der Waals surface area contributed by atoms with Crippen LogP contribution in [0, 0.1) is 0 Å². The van der Waals surface area contributed by atoms with E-state index in [1.165, 1.54) is 12.0 Å². The minimum absolute atomic E-state index is 0.200. The zero-order valence-electron chi connectivity index (χ0n) is 10.3. The van der Waals surface area contributed by atoms with Crippen molar-refractivity contribution in [3.8, 4) is 5.75 Å². The van der Waals surface area contributed by atoms with Crippen molar-refractivity contribution in [1.82, 2.24) is 4.90 Å². The smallest absolute Gasteiger partial charge is 0.315 e. The SMILES string of the molecule is COc1ccc2c(c1)C(=O)N1CCO[C@@H]1[C@@H]2C(=O)O. The summed E-state index contributed by atoms with van der Waals surface area (Å²) in [5.74, 6) is -1.50. The van der Waals surface area contributed by atoms with Crippen LogP contribution in [0.15, 0.2) is 18.2 Å². The third-order valence-corrected chi connectivity index (χ3v) is 3.57. The lowest BCUT2D eigenvalue weighted by Gasteiger charge is -2.34. The van der Waals surface area contributed by atoms with Crippen molar-refractivity contribution in [1.29, 1.82) is 0 Å². The van der Waals surface area contributed by atoms with E-state index >= 15 is 0 Å². The molecule has 1 saturated heterocycles. The first-order valence-corrected chi connectivity index (χ1v) is 5.97. The molecule has 3 rings (SSSR count). The summed E-state index contributed by atoms with van der Waals surface area (Å²) in [6, 6.07) is 4.87. The maximum absolute atomic E-state index is 12.3. The van der Waals surface area contributed by atoms with Crippen molar-refractivity contribution in [2.45, 2.75) is 12.1 Å². The molecule has 0 aliphatic carbocycles. The van der Waals surface area contributed by atoms with Crippen LogP contribution in [-0.2, 0) is 9.53 Å². The monoisotopic (exact) mass is 263 g/mol. The van der Waals surface area contributed by atoms with E-state index in [4.69, 9.17) is 9.47 Å². The Labute approximate surface area is 109 Å². The van der Waals surface area contributed by atoms with Gasteiger partial charge in [-0.1, -0.05) is 6.07 Å². The van der Waals surface area contributed by atoms with E-state index in [-0.39, 0.29) is 5.91 Å². The summed E-state index contributed by atoms with van der Waals surface area (Å²) >= 11 is 0. The summed E-state index contributed by atoms with van der Waals surface area (Å²) in [6.45, 7) is 0.787. The summed E-state index contributed by atoms with van der Waals surface area (Å²) in [5, 5.41) is 9.40. The minimum atomic E-state index is -0.990. The first-order valence-electron chi connectivity index (χ1n) is 5.97. The zero-order valence-corrected chi connectivity index (χ0v) is 10.3. The maximum Gasteiger partial charge on any atom is 0.315 e. The molecular weight excluding hydrogens is 250 g/mol. The third-order valence-electron chi connectivity index (χ3n) is 3.57. The highest BCUT2D eigenvalue weighted by molar-refractivity contribution is 6.00. The second kappa shape index (κ2) is 4.24. The number of hydrogen-bond acceptors (Lipinski definition) is 4. The van der Waals surface area contributed by atoms with Gasteiger partial charge in [0.2, 0.25) is 0 Å². The highest BCUT2D eigenvalue weighted by atomic mass is 16.5. The second-order valence-corrected chi connectivity index (χ2v) is 4.53. The van der Waals surface area contributed by atoms with Crippen LogP contribution >= 0.6 is 0 Å². The summed E-state index contributed by atoms with van der Waals surface area (Å²) in [7, 11) is 1.51. The molecule has 100 valence electrons. The highest BCUT2D eigenvalue weighted by Crippen LogP contribution is 2.37. The van der Waals surface area contributed by atoms with Gasteiger partial charge in [-0.2, -0.15) is 0 Å². The quantitative estimate of drug-likeness (QED) is 0.849. The highest BCUT2D eigenvalue weighted by Gasteiger charge is 2.46. The molecule has 6 heteroatoms. The van der Waals surface area contributed by atoms with Crippen LogP contribution in [0.2, 0.25) is 0 Å². The molecule has 1 fully saturated rings. The number of ether oxygens (including phenoxy) is 2. The number of carbonyl (C=O) groups is 2. The lowest BCUT2D eigenvalue weighted by atomic mass is 9.88. The molecule has 0 bridgehead atoms. The molecule has 2 heterocycles. The summed E-state index contributed by atoms with van der Waals surface area (Å²) < 4.78 is 10.5. The molecular formula is C13H13NO5. The minimum Gasteiger partial charge on any atom is -0.497 e. The van der Waals surface area contributed by atoms with Crippen molar-refractivity contribution in [2.75, 3.05) is 20.3 Å². The number of methoxy groups -OCH3 is 1. The fraction of sp³-hybridized carbons (Fsp3) is 0.385. The number of carbonyl (C=O) groups excluding carboxylic acids is 1. The van der Waals surface area contributed by atoms with E-state index < -0.39 is 18.1 Å². The van der Waals surface area contributed by atoms with E-state index in [0.717, 1.165) is 0 Å². The van der Waals surface area contributed by atoms with E-state index in [1.54, 1.807) is 18.2 Å². The predicted octanol–water partition coefficient (Wildman–Crippen LogP) is 0.675. The molecule has 2 atom stereocenters. The van der Waals surface area contributed by atoms with Gasteiger partial charge in [0.15, 0.2) is 0 Å². The van der Waals surface area contributed by atoms with Gasteiger partial charge >= 0.3 is 5.97 Å². The molecule has 2 aliphatic heterocycles. The molecule has 1 N–H and O–H groups in total. The third kappa shape index (κ3) is 1.67. The molecule has 0 spiro atoms. The molecule has 0 radical (unpaired) electrons. The van der Waals surface area contributed by atoms with Gasteiger partial charge in [-0.05, 0) is 17.7 Å². The molecule has 0 unspecified atom stereocenters. The van der Waals surface area contributed by atoms with Crippen LogP contribution in [0.4, 0.5) is 0 Å². The normalized spacial score (nSPS) is 24.9. The molecule has 6 nitrogen and oxygen atoms in total. The first-order chi connectivity index (χ1) is 9.13. The summed E-state index contributed by atoms with van der Waals surface area (Å²) in [5.41, 5.74) is 0.870. The van der Waals surface area contributed by atoms with E-state index in [1.807, 2.05) is 0 Å². The van der Waals surface area contributed by atoms with Gasteiger partial charge < -0.3 is 19.5 Å². The number of benzene rings is 1. The molecule has 2 aliphatic rings. The van der Waals surface area contributed by atoms with Gasteiger partial charge in [-0.15, -0.1) is 0 Å². The fourth-order valence-corrected chi connectivity index (χ4v) is 2.66.